The highest BCUT2D eigenvalue weighted by atomic mass is 16.5. The second kappa shape index (κ2) is 5.23. The molecule has 4 N–H and O–H groups in total. The Balaban J connectivity index is 2.29. The van der Waals surface area contributed by atoms with Crippen LogP contribution in [0.1, 0.15) is 5.56 Å². The van der Waals surface area contributed by atoms with Crippen LogP contribution in [0.25, 0.3) is 0 Å². The number of nitrogens with zero attached hydrogens (tertiary/aromatic N) is 1. The molecule has 2 aromatic carbocycles. The molecule has 0 atom stereocenters. The van der Waals surface area contributed by atoms with Crippen molar-refractivity contribution in [2.75, 3.05) is 12.8 Å². The summed E-state index contributed by atoms with van der Waals surface area (Å²) in [5.41, 5.74) is 13.9. The Morgan fingerprint density at radius 2 is 1.72 bits per heavy atom. The molecule has 0 radical (unpaired) electrons. The molecule has 0 bridgehead atoms. The maximum Gasteiger partial charge on any atom is 0.133 e. The predicted molar refractivity (Wildman–Crippen MR) is 74.2 cm³/mol. The smallest absolute Gasteiger partial charge is 0.133 e. The molecule has 0 saturated carbocycles. The van der Waals surface area contributed by atoms with Crippen LogP contribution in [-0.2, 0) is 0 Å². The van der Waals surface area contributed by atoms with Gasteiger partial charge in [-0.25, -0.2) is 4.99 Å². The Labute approximate surface area is 106 Å². The number of para-hydroxylation sites is 1. The molecule has 0 unspecified atom stereocenters. The van der Waals surface area contributed by atoms with E-state index >= 15 is 0 Å². The average Bonchev–Trinajstić information content (AvgIpc) is 2.40. The van der Waals surface area contributed by atoms with Gasteiger partial charge in [-0.15, -0.1) is 0 Å². The lowest BCUT2D eigenvalue weighted by molar-refractivity contribution is 0.415. The third-order valence-corrected chi connectivity index (χ3v) is 2.56. The molecular formula is C14H15N3O. The van der Waals surface area contributed by atoms with Crippen LogP contribution >= 0.6 is 0 Å². The highest BCUT2D eigenvalue weighted by Gasteiger charge is 2.02. The first-order chi connectivity index (χ1) is 8.70. The van der Waals surface area contributed by atoms with Gasteiger partial charge >= 0.3 is 0 Å². The topological polar surface area (TPSA) is 73.6 Å². The van der Waals surface area contributed by atoms with E-state index in [9.17, 15) is 0 Å². The summed E-state index contributed by atoms with van der Waals surface area (Å²) in [5, 5.41) is 0. The van der Waals surface area contributed by atoms with Gasteiger partial charge < -0.3 is 16.2 Å². The quantitative estimate of drug-likeness (QED) is 0.492. The minimum Gasteiger partial charge on any atom is -0.497 e. The Hall–Kier alpha value is -2.49. The number of amidine groups is 1. The van der Waals surface area contributed by atoms with E-state index in [1.165, 1.54) is 0 Å². The molecule has 2 aromatic rings. The van der Waals surface area contributed by atoms with Crippen molar-refractivity contribution in [1.82, 2.24) is 0 Å². The first-order valence-electron chi connectivity index (χ1n) is 5.54. The molecule has 0 amide bonds. The highest BCUT2D eigenvalue weighted by Crippen LogP contribution is 2.19. The summed E-state index contributed by atoms with van der Waals surface area (Å²) in [7, 11) is 1.62. The number of nitrogen functional groups attached to an aromatic ring is 1. The van der Waals surface area contributed by atoms with Gasteiger partial charge in [0.15, 0.2) is 0 Å². The highest BCUT2D eigenvalue weighted by molar-refractivity contribution is 6.03. The first-order valence-corrected chi connectivity index (χ1v) is 5.54. The molecule has 0 aliphatic rings. The van der Waals surface area contributed by atoms with Gasteiger partial charge in [0.25, 0.3) is 0 Å². The van der Waals surface area contributed by atoms with E-state index in [1.54, 1.807) is 13.2 Å². The summed E-state index contributed by atoms with van der Waals surface area (Å²) in [6.45, 7) is 0. The van der Waals surface area contributed by atoms with E-state index in [0.29, 0.717) is 11.5 Å². The summed E-state index contributed by atoms with van der Waals surface area (Å²) in [6.07, 6.45) is 0. The van der Waals surface area contributed by atoms with Crippen molar-refractivity contribution in [3.63, 3.8) is 0 Å². The van der Waals surface area contributed by atoms with Gasteiger partial charge in [-0.2, -0.15) is 0 Å². The molecule has 0 saturated heterocycles. The number of anilines is 1. The molecule has 18 heavy (non-hydrogen) atoms. The summed E-state index contributed by atoms with van der Waals surface area (Å²) in [6, 6.07) is 14.7. The number of ether oxygens (including phenoxy) is 1. The minimum absolute atomic E-state index is 0.401. The van der Waals surface area contributed by atoms with Crippen LogP contribution in [0, 0.1) is 0 Å². The van der Waals surface area contributed by atoms with Gasteiger partial charge in [0.2, 0.25) is 0 Å². The van der Waals surface area contributed by atoms with Crippen molar-refractivity contribution >= 4 is 17.2 Å². The molecule has 92 valence electrons. The lowest BCUT2D eigenvalue weighted by Crippen LogP contribution is -2.14. The Bertz CT molecular complexity index is 562. The maximum absolute atomic E-state index is 5.94. The number of nitrogens with two attached hydrogens (primary N) is 2. The second-order valence-corrected chi connectivity index (χ2v) is 3.78. The standard InChI is InChI=1S/C14H15N3O/c1-18-11-8-6-10(7-9-11)17-14(16)12-4-2-3-5-13(12)15/h2-9H,15H2,1H3,(H2,16,17). The van der Waals surface area contributed by atoms with Crippen LogP contribution in [0.3, 0.4) is 0 Å². The van der Waals surface area contributed by atoms with E-state index < -0.39 is 0 Å². The van der Waals surface area contributed by atoms with E-state index in [0.717, 1.165) is 17.0 Å². The predicted octanol–water partition coefficient (Wildman–Crippen LogP) is 2.31. The van der Waals surface area contributed by atoms with Gasteiger partial charge in [0, 0.05) is 11.3 Å². The SMILES string of the molecule is COc1ccc(N=C(N)c2ccccc2N)cc1. The van der Waals surface area contributed by atoms with Gasteiger partial charge in [-0.05, 0) is 36.4 Å². The van der Waals surface area contributed by atoms with E-state index in [2.05, 4.69) is 4.99 Å². The van der Waals surface area contributed by atoms with Crippen LogP contribution in [0.2, 0.25) is 0 Å². The number of aliphatic imine (C=N–C) groups is 1. The normalized spacial score (nSPS) is 11.3. The van der Waals surface area contributed by atoms with Crippen molar-refractivity contribution in [3.8, 4) is 5.75 Å². The zero-order valence-electron chi connectivity index (χ0n) is 10.1. The molecule has 2 rings (SSSR count). The zero-order valence-corrected chi connectivity index (χ0v) is 10.1. The second-order valence-electron chi connectivity index (χ2n) is 3.78. The van der Waals surface area contributed by atoms with Crippen molar-refractivity contribution in [2.24, 2.45) is 10.7 Å². The fourth-order valence-corrected chi connectivity index (χ4v) is 1.59. The van der Waals surface area contributed by atoms with Crippen molar-refractivity contribution in [3.05, 3.63) is 54.1 Å². The lowest BCUT2D eigenvalue weighted by atomic mass is 10.1. The summed E-state index contributed by atoms with van der Waals surface area (Å²) in [4.78, 5) is 4.32. The largest absolute Gasteiger partial charge is 0.497 e. The zero-order chi connectivity index (χ0) is 13.0. The number of methoxy groups -OCH3 is 1. The molecule has 0 spiro atoms. The molecule has 4 heteroatoms. The van der Waals surface area contributed by atoms with Crippen LogP contribution in [0.4, 0.5) is 11.4 Å². The lowest BCUT2D eigenvalue weighted by Gasteiger charge is -2.05. The van der Waals surface area contributed by atoms with Gasteiger partial charge in [-0.3, -0.25) is 0 Å². The van der Waals surface area contributed by atoms with E-state index in [1.807, 2.05) is 42.5 Å². The molecule has 0 aliphatic carbocycles. The fraction of sp³-hybridized carbons (Fsp3) is 0.0714. The molecule has 0 fully saturated rings. The Kier molecular flexibility index (Phi) is 3.48. The van der Waals surface area contributed by atoms with Gasteiger partial charge in [-0.1, -0.05) is 12.1 Å². The van der Waals surface area contributed by atoms with Crippen molar-refractivity contribution < 1.29 is 4.74 Å². The number of hydrogen-bond acceptors (Lipinski definition) is 3. The van der Waals surface area contributed by atoms with Crippen LogP contribution < -0.4 is 16.2 Å². The van der Waals surface area contributed by atoms with Crippen LogP contribution in [-0.4, -0.2) is 12.9 Å². The third-order valence-electron chi connectivity index (χ3n) is 2.56. The Morgan fingerprint density at radius 1 is 1.06 bits per heavy atom. The van der Waals surface area contributed by atoms with Gasteiger partial charge in [0.1, 0.15) is 11.6 Å². The fourth-order valence-electron chi connectivity index (χ4n) is 1.59. The number of hydrogen-bond donors (Lipinski definition) is 2. The third kappa shape index (κ3) is 2.60. The number of rotatable bonds is 3. The summed E-state index contributed by atoms with van der Waals surface area (Å²) in [5.74, 6) is 1.19. The average molecular weight is 241 g/mol. The van der Waals surface area contributed by atoms with Crippen molar-refractivity contribution in [1.29, 1.82) is 0 Å². The first kappa shape index (κ1) is 12.0. The monoisotopic (exact) mass is 241 g/mol. The van der Waals surface area contributed by atoms with Crippen LogP contribution in [0.15, 0.2) is 53.5 Å². The number of benzene rings is 2. The maximum atomic E-state index is 5.94. The van der Waals surface area contributed by atoms with E-state index in [4.69, 9.17) is 16.2 Å². The van der Waals surface area contributed by atoms with Crippen LogP contribution in [0.5, 0.6) is 5.75 Å². The van der Waals surface area contributed by atoms with Gasteiger partial charge in [0.05, 0.1) is 12.8 Å². The van der Waals surface area contributed by atoms with E-state index in [-0.39, 0.29) is 0 Å². The molecular weight excluding hydrogens is 226 g/mol. The molecule has 4 nitrogen and oxygen atoms in total. The molecule has 0 aromatic heterocycles. The van der Waals surface area contributed by atoms with Crippen molar-refractivity contribution in [2.45, 2.75) is 0 Å². The minimum atomic E-state index is 0.401. The molecule has 0 aliphatic heterocycles. The molecule has 0 heterocycles. The summed E-state index contributed by atoms with van der Waals surface area (Å²) < 4.78 is 5.08. The summed E-state index contributed by atoms with van der Waals surface area (Å²) >= 11 is 0. The Morgan fingerprint density at radius 3 is 2.33 bits per heavy atom.